The van der Waals surface area contributed by atoms with Crippen LogP contribution in [0.3, 0.4) is 0 Å². The van der Waals surface area contributed by atoms with Gasteiger partial charge in [-0.1, -0.05) is 12.1 Å². The molecule has 2 N–H and O–H groups in total. The molecule has 3 amide bonds. The number of likely N-dealkylation sites (N-methyl/N-ethyl adjacent to an activating group) is 2. The Balaban J connectivity index is 2.51. The van der Waals surface area contributed by atoms with Crippen LogP contribution in [0.4, 0.5) is 0 Å². The van der Waals surface area contributed by atoms with E-state index < -0.39 is 0 Å². The molecule has 1 aromatic carbocycles. The lowest BCUT2D eigenvalue weighted by Gasteiger charge is -2.25. The number of nitrogens with one attached hydrogen (secondary N) is 2. The van der Waals surface area contributed by atoms with Crippen LogP contribution in [-0.4, -0.2) is 67.3 Å². The number of benzene rings is 1. The second-order valence-corrected chi connectivity index (χ2v) is 7.50. The summed E-state index contributed by atoms with van der Waals surface area (Å²) in [7, 11) is 5.05. The molecule has 7 nitrogen and oxygen atoms in total. The van der Waals surface area contributed by atoms with Crippen molar-refractivity contribution in [3.05, 3.63) is 35.4 Å². The number of hydrogen-bond donors (Lipinski definition) is 2. The molecule has 0 saturated carbocycles. The average molecular weight is 362 g/mol. The third kappa shape index (κ3) is 7.65. The largest absolute Gasteiger partial charge is 0.355 e. The normalized spacial score (nSPS) is 11.2. The first-order chi connectivity index (χ1) is 12.0. The van der Waals surface area contributed by atoms with E-state index in [1.54, 1.807) is 26.2 Å². The molecule has 0 aliphatic rings. The van der Waals surface area contributed by atoms with Crippen LogP contribution in [0.1, 0.15) is 36.7 Å². The van der Waals surface area contributed by atoms with Gasteiger partial charge >= 0.3 is 0 Å². The molecule has 144 valence electrons. The van der Waals surface area contributed by atoms with Crippen molar-refractivity contribution in [3.63, 3.8) is 0 Å². The quantitative estimate of drug-likeness (QED) is 0.753. The minimum absolute atomic E-state index is 0.0325. The average Bonchev–Trinajstić information content (AvgIpc) is 2.52. The smallest absolute Gasteiger partial charge is 0.251 e. The zero-order valence-electron chi connectivity index (χ0n) is 16.5. The summed E-state index contributed by atoms with van der Waals surface area (Å²) in [5.74, 6) is -0.436. The van der Waals surface area contributed by atoms with Crippen LogP contribution in [0.2, 0.25) is 0 Å². The van der Waals surface area contributed by atoms with Gasteiger partial charge in [-0.15, -0.1) is 0 Å². The first-order valence-corrected chi connectivity index (χ1v) is 8.56. The fraction of sp³-hybridized carbons (Fsp3) is 0.526. The fourth-order valence-corrected chi connectivity index (χ4v) is 2.39. The predicted octanol–water partition coefficient (Wildman–Crippen LogP) is 0.851. The Morgan fingerprint density at radius 2 is 1.58 bits per heavy atom. The number of rotatable bonds is 7. The van der Waals surface area contributed by atoms with E-state index in [9.17, 15) is 14.4 Å². The third-order valence-corrected chi connectivity index (χ3v) is 3.62. The zero-order valence-corrected chi connectivity index (χ0v) is 16.5. The summed E-state index contributed by atoms with van der Waals surface area (Å²) in [5, 5.41) is 5.42. The van der Waals surface area contributed by atoms with Gasteiger partial charge in [0.15, 0.2) is 0 Å². The maximum absolute atomic E-state index is 12.3. The van der Waals surface area contributed by atoms with Gasteiger partial charge in [-0.2, -0.15) is 0 Å². The molecule has 1 rings (SSSR count). The van der Waals surface area contributed by atoms with Crippen molar-refractivity contribution < 1.29 is 14.4 Å². The van der Waals surface area contributed by atoms with Crippen LogP contribution < -0.4 is 10.6 Å². The molecule has 0 aliphatic heterocycles. The SMILES string of the molecule is CNC(=O)c1ccc(CN(C)CC(=O)N(C)CC(=O)NC(C)(C)C)cc1. The van der Waals surface area contributed by atoms with E-state index in [2.05, 4.69) is 10.6 Å². The molecule has 0 aliphatic carbocycles. The van der Waals surface area contributed by atoms with Gasteiger partial charge in [0.2, 0.25) is 11.8 Å². The van der Waals surface area contributed by atoms with E-state index in [0.717, 1.165) is 5.56 Å². The first kappa shape index (κ1) is 21.6. The lowest BCUT2D eigenvalue weighted by Crippen LogP contribution is -2.47. The Bertz CT molecular complexity index is 635. The molecule has 0 atom stereocenters. The maximum atomic E-state index is 12.3. The Labute approximate surface area is 155 Å². The van der Waals surface area contributed by atoms with Gasteiger partial charge in [0.1, 0.15) is 0 Å². The van der Waals surface area contributed by atoms with E-state index in [4.69, 9.17) is 0 Å². The maximum Gasteiger partial charge on any atom is 0.251 e. The Morgan fingerprint density at radius 3 is 2.08 bits per heavy atom. The molecule has 0 heterocycles. The molecular weight excluding hydrogens is 332 g/mol. The van der Waals surface area contributed by atoms with Gasteiger partial charge in [-0.05, 0) is 45.5 Å². The van der Waals surface area contributed by atoms with E-state index in [1.165, 1.54) is 4.90 Å². The van der Waals surface area contributed by atoms with Crippen molar-refractivity contribution in [3.8, 4) is 0 Å². The highest BCUT2D eigenvalue weighted by Gasteiger charge is 2.18. The molecule has 0 unspecified atom stereocenters. The lowest BCUT2D eigenvalue weighted by molar-refractivity contribution is -0.136. The second-order valence-electron chi connectivity index (χ2n) is 7.50. The molecule has 0 spiro atoms. The minimum Gasteiger partial charge on any atom is -0.355 e. The van der Waals surface area contributed by atoms with Gasteiger partial charge in [0, 0.05) is 31.7 Å². The molecule has 0 saturated heterocycles. The number of hydrogen-bond acceptors (Lipinski definition) is 4. The lowest BCUT2D eigenvalue weighted by atomic mass is 10.1. The van der Waals surface area contributed by atoms with E-state index in [0.29, 0.717) is 12.1 Å². The van der Waals surface area contributed by atoms with Gasteiger partial charge < -0.3 is 15.5 Å². The van der Waals surface area contributed by atoms with Crippen LogP contribution in [0.15, 0.2) is 24.3 Å². The summed E-state index contributed by atoms with van der Waals surface area (Å²) >= 11 is 0. The monoisotopic (exact) mass is 362 g/mol. The van der Waals surface area contributed by atoms with Crippen molar-refractivity contribution in [1.29, 1.82) is 0 Å². The summed E-state index contributed by atoms with van der Waals surface area (Å²) in [6, 6.07) is 7.25. The van der Waals surface area contributed by atoms with E-state index in [-0.39, 0.29) is 36.3 Å². The van der Waals surface area contributed by atoms with E-state index in [1.807, 2.05) is 44.9 Å². The standard InChI is InChI=1S/C19H30N4O3/c1-19(2,3)21-16(24)12-23(6)17(25)13-22(5)11-14-7-9-15(10-8-14)18(26)20-4/h7-10H,11-13H2,1-6H3,(H,20,26)(H,21,24). The van der Waals surface area contributed by atoms with Gasteiger partial charge in [0.25, 0.3) is 5.91 Å². The molecule has 0 radical (unpaired) electrons. The molecular formula is C19H30N4O3. The molecule has 26 heavy (non-hydrogen) atoms. The number of carbonyl (C=O) groups is 3. The van der Waals surface area contributed by atoms with Crippen molar-refractivity contribution in [2.75, 3.05) is 34.2 Å². The second kappa shape index (κ2) is 9.33. The van der Waals surface area contributed by atoms with Crippen molar-refractivity contribution in [2.45, 2.75) is 32.9 Å². The Morgan fingerprint density at radius 1 is 1.00 bits per heavy atom. The van der Waals surface area contributed by atoms with Crippen LogP contribution in [0, 0.1) is 0 Å². The predicted molar refractivity (Wildman–Crippen MR) is 102 cm³/mol. The van der Waals surface area contributed by atoms with Gasteiger partial charge in [-0.25, -0.2) is 0 Å². The zero-order chi connectivity index (χ0) is 19.9. The molecule has 1 aromatic rings. The number of carbonyl (C=O) groups excluding carboxylic acids is 3. The highest BCUT2D eigenvalue weighted by molar-refractivity contribution is 5.93. The van der Waals surface area contributed by atoms with Gasteiger partial charge in [0.05, 0.1) is 13.1 Å². The summed E-state index contributed by atoms with van der Waals surface area (Å²) in [5.41, 5.74) is 1.28. The van der Waals surface area contributed by atoms with Crippen LogP contribution in [0.25, 0.3) is 0 Å². The highest BCUT2D eigenvalue weighted by atomic mass is 16.2. The Hall–Kier alpha value is -2.41. The molecule has 0 fully saturated rings. The summed E-state index contributed by atoms with van der Waals surface area (Å²) < 4.78 is 0. The van der Waals surface area contributed by atoms with Crippen LogP contribution >= 0.6 is 0 Å². The van der Waals surface area contributed by atoms with Crippen molar-refractivity contribution >= 4 is 17.7 Å². The fourth-order valence-electron chi connectivity index (χ4n) is 2.39. The minimum atomic E-state index is -0.321. The van der Waals surface area contributed by atoms with E-state index >= 15 is 0 Å². The Kier molecular flexibility index (Phi) is 7.76. The van der Waals surface area contributed by atoms with Crippen LogP contribution in [0.5, 0.6) is 0 Å². The summed E-state index contributed by atoms with van der Waals surface area (Å²) in [6.45, 7) is 6.50. The topological polar surface area (TPSA) is 81.8 Å². The number of nitrogens with zero attached hydrogens (tertiary/aromatic N) is 2. The van der Waals surface area contributed by atoms with Crippen molar-refractivity contribution in [1.82, 2.24) is 20.4 Å². The molecule has 7 heteroatoms. The van der Waals surface area contributed by atoms with Gasteiger partial charge in [-0.3, -0.25) is 19.3 Å². The first-order valence-electron chi connectivity index (χ1n) is 8.56. The van der Waals surface area contributed by atoms with Crippen LogP contribution in [-0.2, 0) is 16.1 Å². The molecule has 0 bridgehead atoms. The summed E-state index contributed by atoms with van der Waals surface area (Å²) in [6.07, 6.45) is 0. The highest BCUT2D eigenvalue weighted by Crippen LogP contribution is 2.07. The molecule has 0 aromatic heterocycles. The summed E-state index contributed by atoms with van der Waals surface area (Å²) in [4.78, 5) is 39.0. The van der Waals surface area contributed by atoms with Crippen molar-refractivity contribution in [2.24, 2.45) is 0 Å². The number of amides is 3. The third-order valence-electron chi connectivity index (χ3n) is 3.62.